The van der Waals surface area contributed by atoms with Crippen LogP contribution < -0.4 is 15.4 Å². The molecule has 0 fully saturated rings. The van der Waals surface area contributed by atoms with Crippen molar-refractivity contribution >= 4 is 29.9 Å². The molecule has 156 valence electrons. The first-order valence-electron chi connectivity index (χ1n) is 9.30. The molecule has 3 aromatic rings. The molecular weight excluding hydrogens is 483 g/mol. The second kappa shape index (κ2) is 11.4. The number of aryl methyl sites for hydroxylation is 1. The molecule has 0 spiro atoms. The van der Waals surface area contributed by atoms with E-state index in [0.717, 1.165) is 36.8 Å². The lowest BCUT2D eigenvalue weighted by molar-refractivity contribution is 0.411. The first-order chi connectivity index (χ1) is 13.7. The van der Waals surface area contributed by atoms with Gasteiger partial charge in [0.2, 0.25) is 5.82 Å². The number of halogens is 1. The number of benzene rings is 1. The Hall–Kier alpha value is -2.56. The molecule has 9 heteroatoms. The number of methoxy groups -OCH3 is 1. The zero-order chi connectivity index (χ0) is 19.8. The lowest BCUT2D eigenvalue weighted by Crippen LogP contribution is -2.38. The Morgan fingerprint density at radius 3 is 2.86 bits per heavy atom. The molecule has 0 aliphatic heterocycles. The summed E-state index contributed by atoms with van der Waals surface area (Å²) in [4.78, 5) is 8.97. The zero-order valence-electron chi connectivity index (χ0n) is 16.9. The number of hydrogen-bond donors (Lipinski definition) is 3. The van der Waals surface area contributed by atoms with Gasteiger partial charge < -0.3 is 19.8 Å². The molecule has 0 bridgehead atoms. The molecule has 0 radical (unpaired) electrons. The van der Waals surface area contributed by atoms with Gasteiger partial charge in [-0.25, -0.2) is 9.98 Å². The predicted octanol–water partition coefficient (Wildman–Crippen LogP) is 3.30. The molecule has 0 aliphatic carbocycles. The van der Waals surface area contributed by atoms with Crippen LogP contribution in [-0.4, -0.2) is 41.3 Å². The summed E-state index contributed by atoms with van der Waals surface area (Å²) in [7, 11) is 1.70. The summed E-state index contributed by atoms with van der Waals surface area (Å²) in [6, 6.07) is 9.90. The Morgan fingerprint density at radius 1 is 1.28 bits per heavy atom. The summed E-state index contributed by atoms with van der Waals surface area (Å²) >= 11 is 0. The van der Waals surface area contributed by atoms with Gasteiger partial charge in [0.25, 0.3) is 0 Å². The summed E-state index contributed by atoms with van der Waals surface area (Å²) in [5.41, 5.74) is 2.35. The molecule has 29 heavy (non-hydrogen) atoms. The minimum atomic E-state index is 0. The number of aromatic amines is 1. The second-order valence-electron chi connectivity index (χ2n) is 6.26. The third-order valence-corrected chi connectivity index (χ3v) is 4.18. The highest BCUT2D eigenvalue weighted by atomic mass is 127. The summed E-state index contributed by atoms with van der Waals surface area (Å²) in [5.74, 6) is 3.48. The molecule has 0 saturated heterocycles. The lowest BCUT2D eigenvalue weighted by Gasteiger charge is -2.12. The first-order valence-corrected chi connectivity index (χ1v) is 9.30. The average molecular weight is 510 g/mol. The van der Waals surface area contributed by atoms with E-state index in [4.69, 9.17) is 9.15 Å². The van der Waals surface area contributed by atoms with Crippen molar-refractivity contribution in [3.8, 4) is 17.3 Å². The van der Waals surface area contributed by atoms with Crippen molar-refractivity contribution in [1.29, 1.82) is 0 Å². The fourth-order valence-electron chi connectivity index (χ4n) is 2.72. The highest BCUT2D eigenvalue weighted by Gasteiger charge is 2.08. The standard InChI is InChI=1S/C20H26N6O2.HI/c1-4-21-20(22-10-9-15-8-7-14(2)17(12-15)27-3)23-13-18-24-19(26-25-18)16-6-5-11-28-16;/h5-8,11-12H,4,9-10,13H2,1-3H3,(H2,21,22,23)(H,24,25,26);1H. The predicted molar refractivity (Wildman–Crippen MR) is 124 cm³/mol. The van der Waals surface area contributed by atoms with Crippen LogP contribution in [0.25, 0.3) is 11.6 Å². The van der Waals surface area contributed by atoms with E-state index >= 15 is 0 Å². The van der Waals surface area contributed by atoms with E-state index in [1.807, 2.05) is 19.9 Å². The summed E-state index contributed by atoms with van der Waals surface area (Å²) < 4.78 is 10.7. The van der Waals surface area contributed by atoms with Crippen molar-refractivity contribution in [1.82, 2.24) is 25.8 Å². The topological polar surface area (TPSA) is 100 Å². The van der Waals surface area contributed by atoms with E-state index < -0.39 is 0 Å². The summed E-state index contributed by atoms with van der Waals surface area (Å²) in [5, 5.41) is 13.6. The number of H-pyrrole nitrogens is 1. The van der Waals surface area contributed by atoms with Crippen molar-refractivity contribution < 1.29 is 9.15 Å². The Balaban J connectivity index is 0.00000300. The van der Waals surface area contributed by atoms with Gasteiger partial charge in [-0.1, -0.05) is 12.1 Å². The number of rotatable bonds is 8. The molecule has 0 unspecified atom stereocenters. The number of ether oxygens (including phenoxy) is 1. The highest BCUT2D eigenvalue weighted by Crippen LogP contribution is 2.19. The Morgan fingerprint density at radius 2 is 2.14 bits per heavy atom. The van der Waals surface area contributed by atoms with Crippen LogP contribution >= 0.6 is 24.0 Å². The number of aromatic nitrogens is 3. The van der Waals surface area contributed by atoms with Crippen molar-refractivity contribution in [3.05, 3.63) is 53.5 Å². The van der Waals surface area contributed by atoms with Crippen LogP contribution in [0.2, 0.25) is 0 Å². The molecule has 3 rings (SSSR count). The van der Waals surface area contributed by atoms with Gasteiger partial charge in [0, 0.05) is 13.1 Å². The molecule has 0 amide bonds. The number of nitrogens with one attached hydrogen (secondary N) is 3. The van der Waals surface area contributed by atoms with Crippen molar-refractivity contribution in [3.63, 3.8) is 0 Å². The Bertz CT molecular complexity index is 908. The van der Waals surface area contributed by atoms with Gasteiger partial charge in [-0.3, -0.25) is 5.10 Å². The van der Waals surface area contributed by atoms with Gasteiger partial charge in [0.1, 0.15) is 18.1 Å². The molecular formula is C20H27IN6O2. The van der Waals surface area contributed by atoms with Crippen LogP contribution in [0.1, 0.15) is 23.9 Å². The third kappa shape index (κ3) is 6.48. The van der Waals surface area contributed by atoms with Gasteiger partial charge in [0.05, 0.1) is 13.4 Å². The fourth-order valence-corrected chi connectivity index (χ4v) is 2.72. The summed E-state index contributed by atoms with van der Waals surface area (Å²) in [6.45, 7) is 5.99. The van der Waals surface area contributed by atoms with Gasteiger partial charge in [-0.05, 0) is 49.6 Å². The first kappa shape index (κ1) is 22.7. The monoisotopic (exact) mass is 510 g/mol. The zero-order valence-corrected chi connectivity index (χ0v) is 19.2. The molecule has 3 N–H and O–H groups in total. The van der Waals surface area contributed by atoms with Crippen LogP contribution in [0.4, 0.5) is 0 Å². The Labute approximate surface area is 187 Å². The van der Waals surface area contributed by atoms with Crippen molar-refractivity contribution in [2.24, 2.45) is 4.99 Å². The maximum atomic E-state index is 5.39. The van der Waals surface area contributed by atoms with Gasteiger partial charge >= 0.3 is 0 Å². The lowest BCUT2D eigenvalue weighted by atomic mass is 10.1. The largest absolute Gasteiger partial charge is 0.496 e. The number of guanidine groups is 1. The third-order valence-electron chi connectivity index (χ3n) is 4.18. The number of furan rings is 1. The number of hydrogen-bond acceptors (Lipinski definition) is 5. The van der Waals surface area contributed by atoms with E-state index in [0.29, 0.717) is 24.0 Å². The van der Waals surface area contributed by atoms with E-state index in [2.05, 4.69) is 49.0 Å². The van der Waals surface area contributed by atoms with Gasteiger partial charge in [-0.15, -0.1) is 29.1 Å². The minimum Gasteiger partial charge on any atom is -0.496 e. The van der Waals surface area contributed by atoms with E-state index in [-0.39, 0.29) is 24.0 Å². The quantitative estimate of drug-likeness (QED) is 0.244. The highest BCUT2D eigenvalue weighted by molar-refractivity contribution is 14.0. The van der Waals surface area contributed by atoms with E-state index in [9.17, 15) is 0 Å². The van der Waals surface area contributed by atoms with Crippen LogP contribution in [0.5, 0.6) is 5.75 Å². The SMILES string of the molecule is CCNC(=NCc1nc(-c2ccco2)n[nH]1)NCCc1ccc(C)c(OC)c1.I. The van der Waals surface area contributed by atoms with Gasteiger partial charge in [-0.2, -0.15) is 0 Å². The smallest absolute Gasteiger partial charge is 0.216 e. The molecule has 0 aliphatic rings. The molecule has 8 nitrogen and oxygen atoms in total. The molecule has 2 heterocycles. The number of nitrogens with zero attached hydrogens (tertiary/aromatic N) is 3. The van der Waals surface area contributed by atoms with Gasteiger partial charge in [0.15, 0.2) is 11.7 Å². The van der Waals surface area contributed by atoms with Crippen LogP contribution in [0.15, 0.2) is 46.0 Å². The second-order valence-corrected chi connectivity index (χ2v) is 6.26. The maximum absolute atomic E-state index is 5.39. The molecule has 0 saturated carbocycles. The van der Waals surface area contributed by atoms with E-state index in [1.165, 1.54) is 5.56 Å². The van der Waals surface area contributed by atoms with E-state index in [1.54, 1.807) is 19.4 Å². The van der Waals surface area contributed by atoms with Crippen LogP contribution in [0.3, 0.4) is 0 Å². The average Bonchev–Trinajstić information content (AvgIpc) is 3.39. The molecule has 2 aromatic heterocycles. The Kier molecular flexibility index (Phi) is 8.97. The molecule has 0 atom stereocenters. The fraction of sp³-hybridized carbons (Fsp3) is 0.350. The van der Waals surface area contributed by atoms with Crippen molar-refractivity contribution in [2.45, 2.75) is 26.8 Å². The van der Waals surface area contributed by atoms with Crippen LogP contribution in [-0.2, 0) is 13.0 Å². The normalized spacial score (nSPS) is 11.1. The molecule has 1 aromatic carbocycles. The number of aliphatic imine (C=N–C) groups is 1. The minimum absolute atomic E-state index is 0. The van der Waals surface area contributed by atoms with Crippen molar-refractivity contribution in [2.75, 3.05) is 20.2 Å². The summed E-state index contributed by atoms with van der Waals surface area (Å²) in [6.07, 6.45) is 2.46. The maximum Gasteiger partial charge on any atom is 0.216 e. The van der Waals surface area contributed by atoms with Crippen LogP contribution in [0, 0.1) is 6.92 Å².